The summed E-state index contributed by atoms with van der Waals surface area (Å²) < 4.78 is 5.27. The molecule has 0 fully saturated rings. The van der Waals surface area contributed by atoms with Crippen LogP contribution in [-0.2, 0) is 4.79 Å². The van der Waals surface area contributed by atoms with Crippen molar-refractivity contribution < 1.29 is 19.4 Å². The van der Waals surface area contributed by atoms with Crippen LogP contribution in [0.5, 0.6) is 5.75 Å². The predicted octanol–water partition coefficient (Wildman–Crippen LogP) is 0.900. The van der Waals surface area contributed by atoms with Crippen LogP contribution < -0.4 is 10.1 Å². The second-order valence-electron chi connectivity index (χ2n) is 3.16. The number of carbonyl (C=O) groups is 2. The SMILES string of the molecule is CC(=O)NCCOc1cccc(C(=O)O)c1. The normalized spacial score (nSPS) is 9.56. The van der Waals surface area contributed by atoms with Gasteiger partial charge in [0.25, 0.3) is 0 Å². The van der Waals surface area contributed by atoms with E-state index < -0.39 is 5.97 Å². The van der Waals surface area contributed by atoms with Gasteiger partial charge in [0.1, 0.15) is 12.4 Å². The highest BCUT2D eigenvalue weighted by molar-refractivity contribution is 5.87. The van der Waals surface area contributed by atoms with E-state index in [1.165, 1.54) is 19.1 Å². The third kappa shape index (κ3) is 4.00. The predicted molar refractivity (Wildman–Crippen MR) is 57.6 cm³/mol. The molecule has 5 heteroatoms. The molecule has 86 valence electrons. The summed E-state index contributed by atoms with van der Waals surface area (Å²) in [7, 11) is 0. The number of benzene rings is 1. The van der Waals surface area contributed by atoms with Crippen LogP contribution >= 0.6 is 0 Å². The van der Waals surface area contributed by atoms with Crippen molar-refractivity contribution in [2.45, 2.75) is 6.92 Å². The maximum absolute atomic E-state index is 10.7. The maximum atomic E-state index is 10.7. The lowest BCUT2D eigenvalue weighted by Gasteiger charge is -2.06. The van der Waals surface area contributed by atoms with Gasteiger partial charge >= 0.3 is 5.97 Å². The molecular weight excluding hydrogens is 210 g/mol. The van der Waals surface area contributed by atoms with E-state index in [-0.39, 0.29) is 11.5 Å². The molecule has 0 atom stereocenters. The molecule has 16 heavy (non-hydrogen) atoms. The van der Waals surface area contributed by atoms with Gasteiger partial charge in [0, 0.05) is 6.92 Å². The number of carboxylic acids is 1. The molecule has 2 N–H and O–H groups in total. The average molecular weight is 223 g/mol. The van der Waals surface area contributed by atoms with E-state index in [4.69, 9.17) is 9.84 Å². The molecule has 0 aromatic heterocycles. The molecule has 0 radical (unpaired) electrons. The quantitative estimate of drug-likeness (QED) is 0.727. The summed E-state index contributed by atoms with van der Waals surface area (Å²) in [6.45, 7) is 2.13. The second kappa shape index (κ2) is 5.75. The number of ether oxygens (including phenoxy) is 1. The highest BCUT2D eigenvalue weighted by atomic mass is 16.5. The van der Waals surface area contributed by atoms with E-state index in [1.54, 1.807) is 12.1 Å². The number of aromatic carboxylic acids is 1. The van der Waals surface area contributed by atoms with E-state index in [0.29, 0.717) is 18.9 Å². The first-order valence-electron chi connectivity index (χ1n) is 4.80. The number of carboxylic acid groups (broad SMARTS) is 1. The molecule has 1 aromatic rings. The third-order valence-corrected chi connectivity index (χ3v) is 1.83. The standard InChI is InChI=1S/C11H13NO4/c1-8(13)12-5-6-16-10-4-2-3-9(7-10)11(14)15/h2-4,7H,5-6H2,1H3,(H,12,13)(H,14,15). The van der Waals surface area contributed by atoms with E-state index >= 15 is 0 Å². The van der Waals surface area contributed by atoms with Gasteiger partial charge in [0.05, 0.1) is 12.1 Å². The number of hydrogen-bond acceptors (Lipinski definition) is 3. The van der Waals surface area contributed by atoms with Crippen molar-refractivity contribution >= 4 is 11.9 Å². The first kappa shape index (κ1) is 12.0. The molecule has 0 aliphatic carbocycles. The molecule has 1 aromatic carbocycles. The summed E-state index contributed by atoms with van der Waals surface area (Å²) in [5, 5.41) is 11.3. The highest BCUT2D eigenvalue weighted by Crippen LogP contribution is 2.12. The third-order valence-electron chi connectivity index (χ3n) is 1.83. The zero-order valence-corrected chi connectivity index (χ0v) is 8.90. The van der Waals surface area contributed by atoms with Gasteiger partial charge in [-0.05, 0) is 18.2 Å². The molecule has 1 amide bonds. The van der Waals surface area contributed by atoms with Crippen LogP contribution in [0.4, 0.5) is 0 Å². The number of amides is 1. The fourth-order valence-corrected chi connectivity index (χ4v) is 1.11. The van der Waals surface area contributed by atoms with Crippen molar-refractivity contribution in [1.29, 1.82) is 0 Å². The fraction of sp³-hybridized carbons (Fsp3) is 0.273. The van der Waals surface area contributed by atoms with E-state index in [0.717, 1.165) is 0 Å². The lowest BCUT2D eigenvalue weighted by Crippen LogP contribution is -2.25. The minimum Gasteiger partial charge on any atom is -0.492 e. The fourth-order valence-electron chi connectivity index (χ4n) is 1.11. The molecule has 1 rings (SSSR count). The summed E-state index contributed by atoms with van der Waals surface area (Å²) in [6, 6.07) is 6.20. The Balaban J connectivity index is 2.45. The second-order valence-corrected chi connectivity index (χ2v) is 3.16. The Morgan fingerprint density at radius 2 is 2.19 bits per heavy atom. The van der Waals surface area contributed by atoms with Crippen LogP contribution in [0.15, 0.2) is 24.3 Å². The molecule has 0 unspecified atom stereocenters. The van der Waals surface area contributed by atoms with Crippen LogP contribution in [0.3, 0.4) is 0 Å². The van der Waals surface area contributed by atoms with E-state index in [9.17, 15) is 9.59 Å². The van der Waals surface area contributed by atoms with Gasteiger partial charge in [0.2, 0.25) is 5.91 Å². The first-order valence-corrected chi connectivity index (χ1v) is 4.80. The van der Waals surface area contributed by atoms with Gasteiger partial charge in [-0.1, -0.05) is 6.07 Å². The van der Waals surface area contributed by atoms with Gasteiger partial charge in [-0.3, -0.25) is 4.79 Å². The Morgan fingerprint density at radius 1 is 1.44 bits per heavy atom. The van der Waals surface area contributed by atoms with Gasteiger partial charge < -0.3 is 15.2 Å². The van der Waals surface area contributed by atoms with E-state index in [2.05, 4.69) is 5.32 Å². The Hall–Kier alpha value is -2.04. The largest absolute Gasteiger partial charge is 0.492 e. The molecular formula is C11H13NO4. The van der Waals surface area contributed by atoms with Crippen LogP contribution in [0.1, 0.15) is 17.3 Å². The van der Waals surface area contributed by atoms with Crippen molar-refractivity contribution in [3.05, 3.63) is 29.8 Å². The van der Waals surface area contributed by atoms with Crippen molar-refractivity contribution in [2.75, 3.05) is 13.2 Å². The summed E-state index contributed by atoms with van der Waals surface area (Å²) in [5.41, 5.74) is 0.178. The van der Waals surface area contributed by atoms with Gasteiger partial charge in [-0.15, -0.1) is 0 Å². The molecule has 0 aliphatic rings. The van der Waals surface area contributed by atoms with Crippen molar-refractivity contribution in [3.8, 4) is 5.75 Å². The van der Waals surface area contributed by atoms with Crippen LogP contribution in [0.2, 0.25) is 0 Å². The zero-order chi connectivity index (χ0) is 12.0. The summed E-state index contributed by atoms with van der Waals surface area (Å²) in [4.78, 5) is 21.2. The number of rotatable bonds is 5. The lowest BCUT2D eigenvalue weighted by atomic mass is 10.2. The topological polar surface area (TPSA) is 75.6 Å². The minimum atomic E-state index is -0.993. The van der Waals surface area contributed by atoms with Gasteiger partial charge in [-0.25, -0.2) is 4.79 Å². The minimum absolute atomic E-state index is 0.122. The van der Waals surface area contributed by atoms with Gasteiger partial charge in [0.15, 0.2) is 0 Å². The first-order chi connectivity index (χ1) is 7.59. The Bertz CT molecular complexity index is 389. The number of hydrogen-bond donors (Lipinski definition) is 2. The molecule has 0 spiro atoms. The van der Waals surface area contributed by atoms with Crippen molar-refractivity contribution in [3.63, 3.8) is 0 Å². The summed E-state index contributed by atoms with van der Waals surface area (Å²) in [6.07, 6.45) is 0. The van der Waals surface area contributed by atoms with Crippen LogP contribution in [0.25, 0.3) is 0 Å². The van der Waals surface area contributed by atoms with E-state index in [1.807, 2.05) is 0 Å². The average Bonchev–Trinajstić information content (AvgIpc) is 2.24. The molecule has 0 heterocycles. The smallest absolute Gasteiger partial charge is 0.335 e. The molecule has 0 aliphatic heterocycles. The summed E-state index contributed by atoms with van der Waals surface area (Å²) in [5.74, 6) is -0.638. The molecule has 0 saturated carbocycles. The zero-order valence-electron chi connectivity index (χ0n) is 8.90. The lowest BCUT2D eigenvalue weighted by molar-refractivity contribution is -0.119. The van der Waals surface area contributed by atoms with Crippen LogP contribution in [-0.4, -0.2) is 30.1 Å². The number of carbonyl (C=O) groups excluding carboxylic acids is 1. The molecule has 5 nitrogen and oxygen atoms in total. The Labute approximate surface area is 93.0 Å². The summed E-state index contributed by atoms with van der Waals surface area (Å²) >= 11 is 0. The number of nitrogens with one attached hydrogen (secondary N) is 1. The molecule has 0 saturated heterocycles. The Morgan fingerprint density at radius 3 is 2.81 bits per heavy atom. The maximum Gasteiger partial charge on any atom is 0.335 e. The van der Waals surface area contributed by atoms with Gasteiger partial charge in [-0.2, -0.15) is 0 Å². The van der Waals surface area contributed by atoms with Crippen molar-refractivity contribution in [2.24, 2.45) is 0 Å². The molecule has 0 bridgehead atoms. The highest BCUT2D eigenvalue weighted by Gasteiger charge is 2.03. The monoisotopic (exact) mass is 223 g/mol. The van der Waals surface area contributed by atoms with Crippen LogP contribution in [0, 0.1) is 0 Å². The Kier molecular flexibility index (Phi) is 4.32. The van der Waals surface area contributed by atoms with Crippen molar-refractivity contribution in [1.82, 2.24) is 5.32 Å².